The molecule has 0 aliphatic carbocycles. The van der Waals surface area contributed by atoms with Crippen LogP contribution in [-0.2, 0) is 21.2 Å². The molecule has 0 fully saturated rings. The van der Waals surface area contributed by atoms with Gasteiger partial charge in [-0.05, 0) is 42.3 Å². The van der Waals surface area contributed by atoms with Gasteiger partial charge in [-0.1, -0.05) is 18.2 Å². The number of hydrogen-bond donors (Lipinski definition) is 2. The van der Waals surface area contributed by atoms with Crippen LogP contribution in [0.5, 0.6) is 0 Å². The lowest BCUT2D eigenvalue weighted by Crippen LogP contribution is -2.20. The van der Waals surface area contributed by atoms with Crippen LogP contribution in [0.3, 0.4) is 0 Å². The van der Waals surface area contributed by atoms with Gasteiger partial charge >= 0.3 is 0 Å². The van der Waals surface area contributed by atoms with Gasteiger partial charge in [0.2, 0.25) is 5.91 Å². The molecule has 4 rings (SSSR count). The number of rotatable bonds is 3. The third kappa shape index (κ3) is 2.94. The highest BCUT2D eigenvalue weighted by atomic mass is 32.2. The summed E-state index contributed by atoms with van der Waals surface area (Å²) in [4.78, 5) is 15.9. The van der Waals surface area contributed by atoms with Crippen molar-refractivity contribution in [2.24, 2.45) is 0 Å². The van der Waals surface area contributed by atoms with Crippen molar-refractivity contribution in [3.05, 3.63) is 60.3 Å². The molecule has 1 amide bonds. The minimum atomic E-state index is -3.75. The van der Waals surface area contributed by atoms with E-state index >= 15 is 0 Å². The highest BCUT2D eigenvalue weighted by Crippen LogP contribution is 2.28. The molecule has 2 N–H and O–H groups in total. The molecule has 0 unspecified atom stereocenters. The first-order chi connectivity index (χ1) is 12.0. The van der Waals surface area contributed by atoms with Crippen LogP contribution < -0.4 is 10.0 Å². The Labute approximate surface area is 145 Å². The number of para-hydroxylation sites is 1. The van der Waals surface area contributed by atoms with Crippen molar-refractivity contribution in [2.45, 2.75) is 17.7 Å². The molecule has 0 atom stereocenters. The van der Waals surface area contributed by atoms with E-state index in [-0.39, 0.29) is 10.8 Å². The SMILES string of the molecule is O=C1CCc2cc(S(=O)(=O)Nc3cccc4cccnc34)ccc2N1. The normalized spacial score (nSPS) is 14.0. The first kappa shape index (κ1) is 15.6. The van der Waals surface area contributed by atoms with E-state index in [2.05, 4.69) is 15.0 Å². The summed E-state index contributed by atoms with van der Waals surface area (Å²) < 4.78 is 28.2. The van der Waals surface area contributed by atoms with Gasteiger partial charge in [-0.2, -0.15) is 0 Å². The monoisotopic (exact) mass is 353 g/mol. The molecule has 0 radical (unpaired) electrons. The number of carbonyl (C=O) groups excluding carboxylic acids is 1. The number of fused-ring (bicyclic) bond motifs is 2. The molecule has 2 heterocycles. The quantitative estimate of drug-likeness (QED) is 0.758. The summed E-state index contributed by atoms with van der Waals surface area (Å²) in [7, 11) is -3.75. The number of sulfonamides is 1. The van der Waals surface area contributed by atoms with Gasteiger partial charge in [-0.3, -0.25) is 14.5 Å². The van der Waals surface area contributed by atoms with E-state index in [0.29, 0.717) is 29.7 Å². The predicted molar refractivity (Wildman–Crippen MR) is 95.9 cm³/mol. The zero-order valence-electron chi connectivity index (χ0n) is 13.2. The largest absolute Gasteiger partial charge is 0.326 e. The fourth-order valence-corrected chi connectivity index (χ4v) is 4.03. The van der Waals surface area contributed by atoms with Crippen molar-refractivity contribution in [1.29, 1.82) is 0 Å². The van der Waals surface area contributed by atoms with E-state index in [9.17, 15) is 13.2 Å². The summed E-state index contributed by atoms with van der Waals surface area (Å²) in [6.07, 6.45) is 2.51. The number of carbonyl (C=O) groups is 1. The van der Waals surface area contributed by atoms with E-state index in [1.807, 2.05) is 12.1 Å². The summed E-state index contributed by atoms with van der Waals surface area (Å²) >= 11 is 0. The Balaban J connectivity index is 1.71. The average Bonchev–Trinajstić information content (AvgIpc) is 2.61. The topological polar surface area (TPSA) is 88.2 Å². The average molecular weight is 353 g/mol. The number of anilines is 2. The van der Waals surface area contributed by atoms with Crippen molar-refractivity contribution < 1.29 is 13.2 Å². The van der Waals surface area contributed by atoms with Crippen molar-refractivity contribution in [3.8, 4) is 0 Å². The Bertz CT molecular complexity index is 1090. The molecule has 1 aliphatic heterocycles. The van der Waals surface area contributed by atoms with Crippen molar-refractivity contribution in [3.63, 3.8) is 0 Å². The molecule has 25 heavy (non-hydrogen) atoms. The van der Waals surface area contributed by atoms with Crippen LogP contribution in [0.1, 0.15) is 12.0 Å². The molecule has 1 aliphatic rings. The summed E-state index contributed by atoms with van der Waals surface area (Å²) in [6.45, 7) is 0. The number of nitrogens with one attached hydrogen (secondary N) is 2. The molecule has 0 spiro atoms. The molecule has 1 aromatic heterocycles. The second-order valence-corrected chi connectivity index (χ2v) is 7.54. The smallest absolute Gasteiger partial charge is 0.261 e. The molecule has 6 nitrogen and oxygen atoms in total. The highest BCUT2D eigenvalue weighted by molar-refractivity contribution is 7.92. The molecule has 126 valence electrons. The van der Waals surface area contributed by atoms with Gasteiger partial charge in [0, 0.05) is 23.7 Å². The van der Waals surface area contributed by atoms with Gasteiger partial charge in [-0.15, -0.1) is 0 Å². The van der Waals surface area contributed by atoms with Gasteiger partial charge in [0.15, 0.2) is 0 Å². The maximum atomic E-state index is 12.8. The second-order valence-electron chi connectivity index (χ2n) is 5.85. The van der Waals surface area contributed by atoms with E-state index in [1.165, 1.54) is 6.07 Å². The van der Waals surface area contributed by atoms with Crippen LogP contribution in [-0.4, -0.2) is 19.3 Å². The van der Waals surface area contributed by atoms with E-state index in [0.717, 1.165) is 10.9 Å². The molecule has 0 saturated heterocycles. The third-order valence-corrected chi connectivity index (χ3v) is 5.52. The van der Waals surface area contributed by atoms with E-state index < -0.39 is 10.0 Å². The number of pyridine rings is 1. The number of aromatic nitrogens is 1. The second kappa shape index (κ2) is 5.86. The minimum Gasteiger partial charge on any atom is -0.326 e. The van der Waals surface area contributed by atoms with Crippen molar-refractivity contribution in [1.82, 2.24) is 4.98 Å². The van der Waals surface area contributed by atoms with Crippen LogP contribution in [0, 0.1) is 0 Å². The molecule has 3 aromatic rings. The minimum absolute atomic E-state index is 0.0527. The molecule has 0 saturated carbocycles. The first-order valence-electron chi connectivity index (χ1n) is 7.82. The summed E-state index contributed by atoms with van der Waals surface area (Å²) in [5.74, 6) is -0.0527. The summed E-state index contributed by atoms with van der Waals surface area (Å²) in [5.41, 5.74) is 2.52. The Morgan fingerprint density at radius 3 is 2.76 bits per heavy atom. The van der Waals surface area contributed by atoms with Gasteiger partial charge < -0.3 is 5.32 Å². The van der Waals surface area contributed by atoms with Crippen molar-refractivity contribution in [2.75, 3.05) is 10.0 Å². The van der Waals surface area contributed by atoms with Crippen LogP contribution in [0.15, 0.2) is 59.6 Å². The van der Waals surface area contributed by atoms with Gasteiger partial charge in [0.05, 0.1) is 16.1 Å². The maximum absolute atomic E-state index is 12.8. The number of amides is 1. The lowest BCUT2D eigenvalue weighted by atomic mass is 10.0. The standard InChI is InChI=1S/C18H15N3O3S/c22-17-9-6-13-11-14(7-8-15(13)20-17)25(23,24)21-16-5-1-3-12-4-2-10-19-18(12)16/h1-5,7-8,10-11,21H,6,9H2,(H,20,22). The van der Waals surface area contributed by atoms with Crippen LogP contribution in [0.4, 0.5) is 11.4 Å². The third-order valence-electron chi connectivity index (χ3n) is 4.16. The van der Waals surface area contributed by atoms with Gasteiger partial charge in [-0.25, -0.2) is 8.42 Å². The Kier molecular flexibility index (Phi) is 3.65. The predicted octanol–water partition coefficient (Wildman–Crippen LogP) is 2.92. The van der Waals surface area contributed by atoms with E-state index in [4.69, 9.17) is 0 Å². The number of hydrogen-bond acceptors (Lipinski definition) is 4. The zero-order chi connectivity index (χ0) is 17.4. The molecule has 0 bridgehead atoms. The summed E-state index contributed by atoms with van der Waals surface area (Å²) in [5, 5.41) is 3.61. The Morgan fingerprint density at radius 2 is 1.88 bits per heavy atom. The lowest BCUT2D eigenvalue weighted by Gasteiger charge is -2.18. The molecule has 2 aromatic carbocycles. The van der Waals surface area contributed by atoms with Crippen LogP contribution >= 0.6 is 0 Å². The lowest BCUT2D eigenvalue weighted by molar-refractivity contribution is -0.116. The fraction of sp³-hybridized carbons (Fsp3) is 0.111. The van der Waals surface area contributed by atoms with Crippen LogP contribution in [0.2, 0.25) is 0 Å². The number of nitrogens with zero attached hydrogens (tertiary/aromatic N) is 1. The molecular weight excluding hydrogens is 338 g/mol. The number of benzene rings is 2. The molecular formula is C18H15N3O3S. The molecule has 7 heteroatoms. The van der Waals surface area contributed by atoms with Crippen molar-refractivity contribution >= 4 is 38.2 Å². The first-order valence-corrected chi connectivity index (χ1v) is 9.31. The van der Waals surface area contributed by atoms with Gasteiger partial charge in [0.1, 0.15) is 0 Å². The fourth-order valence-electron chi connectivity index (χ4n) is 2.92. The summed E-state index contributed by atoms with van der Waals surface area (Å²) in [6, 6.07) is 13.8. The Morgan fingerprint density at radius 1 is 1.04 bits per heavy atom. The highest BCUT2D eigenvalue weighted by Gasteiger charge is 2.20. The zero-order valence-corrected chi connectivity index (χ0v) is 14.0. The van der Waals surface area contributed by atoms with Crippen LogP contribution in [0.25, 0.3) is 10.9 Å². The maximum Gasteiger partial charge on any atom is 0.261 e. The number of aryl methyl sites for hydroxylation is 1. The Hall–Kier alpha value is -2.93. The van der Waals surface area contributed by atoms with E-state index in [1.54, 1.807) is 36.5 Å². The van der Waals surface area contributed by atoms with Gasteiger partial charge in [0.25, 0.3) is 10.0 Å².